The molecule has 1 rings (SSSR count). The summed E-state index contributed by atoms with van der Waals surface area (Å²) in [4.78, 5) is 0. The Labute approximate surface area is 67.4 Å². The molecule has 0 radical (unpaired) electrons. The van der Waals surface area contributed by atoms with E-state index in [4.69, 9.17) is 1.41 Å². The molecule has 58 valence electrons. The van der Waals surface area contributed by atoms with Gasteiger partial charge in [-0.25, -0.2) is 5.52 Å². The fourth-order valence-electron chi connectivity index (χ4n) is 0.923. The standard InChI is InChI=1S/C8H11N3/c1-6-5-7(10-2)3-4-8(6)11-9/h3-5,9-10H,1-2H3/i/hD. The Morgan fingerprint density at radius 1 is 1.64 bits per heavy atom. The summed E-state index contributed by atoms with van der Waals surface area (Å²) in [5.41, 5.74) is 5.77. The molecule has 2 N–H and O–H groups in total. The van der Waals surface area contributed by atoms with Gasteiger partial charge in [0.2, 0.25) is 1.41 Å². The summed E-state index contributed by atoms with van der Waals surface area (Å²) in [7, 11) is 1.86. The molecule has 3 heteroatoms. The zero-order valence-electron chi connectivity index (χ0n) is 7.63. The number of rotatable bonds is 2. The van der Waals surface area contributed by atoms with E-state index in [0.29, 0.717) is 0 Å². The van der Waals surface area contributed by atoms with E-state index in [1.54, 1.807) is 0 Å². The van der Waals surface area contributed by atoms with Crippen molar-refractivity contribution >= 4 is 11.4 Å². The van der Waals surface area contributed by atoms with Gasteiger partial charge in [0.1, 0.15) is 0 Å². The molecule has 0 aliphatic heterocycles. The average Bonchev–Trinajstić information content (AvgIpc) is 2.09. The highest BCUT2D eigenvalue weighted by atomic mass is 15.0. The van der Waals surface area contributed by atoms with Gasteiger partial charge >= 0.3 is 0 Å². The number of anilines is 1. The summed E-state index contributed by atoms with van der Waals surface area (Å²) in [5, 5.41) is 6.66. The molecule has 0 aliphatic carbocycles. The number of hydrogen-bond acceptors (Lipinski definition) is 3. The van der Waals surface area contributed by atoms with Crippen LogP contribution >= 0.6 is 0 Å². The highest BCUT2D eigenvalue weighted by Crippen LogP contribution is 2.21. The van der Waals surface area contributed by atoms with Gasteiger partial charge in [0.05, 0.1) is 5.69 Å². The Morgan fingerprint density at radius 2 is 2.45 bits per heavy atom. The highest BCUT2D eigenvalue weighted by Gasteiger charge is 1.95. The fourth-order valence-corrected chi connectivity index (χ4v) is 0.923. The Bertz CT molecular complexity index is 296. The smallest absolute Gasteiger partial charge is 0.214 e. The maximum Gasteiger partial charge on any atom is 0.214 e. The van der Waals surface area contributed by atoms with Crippen LogP contribution in [-0.2, 0) is 0 Å². The molecule has 0 unspecified atom stereocenters. The summed E-state index contributed by atoms with van der Waals surface area (Å²) in [6.45, 7) is 1.94. The van der Waals surface area contributed by atoms with Gasteiger partial charge in [-0.15, -0.1) is 0 Å². The van der Waals surface area contributed by atoms with Crippen molar-refractivity contribution in [1.29, 1.82) is 5.52 Å². The SMILES string of the molecule is [2H]N=Nc1ccc(NC)cc1C. The van der Waals surface area contributed by atoms with E-state index in [-0.39, 0.29) is 0 Å². The van der Waals surface area contributed by atoms with Gasteiger partial charge in [-0.3, -0.25) is 0 Å². The van der Waals surface area contributed by atoms with E-state index in [1.807, 2.05) is 32.2 Å². The molecular formula is C8H11N3. The summed E-state index contributed by atoms with van der Waals surface area (Å²) in [6, 6.07) is 5.69. The van der Waals surface area contributed by atoms with Crippen molar-refractivity contribution in [2.24, 2.45) is 5.11 Å². The molecule has 0 fully saturated rings. The molecule has 0 atom stereocenters. The van der Waals surface area contributed by atoms with E-state index in [2.05, 4.69) is 16.0 Å². The average molecular weight is 150 g/mol. The van der Waals surface area contributed by atoms with Crippen molar-refractivity contribution < 1.29 is 1.41 Å². The molecule has 0 aromatic heterocycles. The van der Waals surface area contributed by atoms with Crippen molar-refractivity contribution in [3.63, 3.8) is 0 Å². The predicted molar refractivity (Wildman–Crippen MR) is 45.5 cm³/mol. The lowest BCUT2D eigenvalue weighted by Gasteiger charge is -2.02. The first-order chi connectivity index (χ1) is 5.77. The molecule has 11 heavy (non-hydrogen) atoms. The van der Waals surface area contributed by atoms with E-state index in [0.717, 1.165) is 16.9 Å². The van der Waals surface area contributed by atoms with Crippen molar-refractivity contribution in [3.8, 4) is 0 Å². The molecule has 0 spiro atoms. The van der Waals surface area contributed by atoms with Gasteiger partial charge in [0.15, 0.2) is 0 Å². The van der Waals surface area contributed by atoms with Crippen LogP contribution in [0, 0.1) is 12.4 Å². The van der Waals surface area contributed by atoms with Crippen LogP contribution in [0.2, 0.25) is 1.41 Å². The third kappa shape index (κ3) is 1.55. The molecule has 0 amide bonds. The first-order valence-electron chi connectivity index (χ1n) is 3.86. The molecule has 0 saturated carbocycles. The van der Waals surface area contributed by atoms with Crippen LogP contribution in [0.1, 0.15) is 5.56 Å². The Morgan fingerprint density at radius 3 is 3.00 bits per heavy atom. The van der Waals surface area contributed by atoms with Crippen LogP contribution in [-0.4, -0.2) is 7.05 Å². The van der Waals surface area contributed by atoms with Crippen LogP contribution in [0.4, 0.5) is 11.4 Å². The lowest BCUT2D eigenvalue weighted by Crippen LogP contribution is -1.87. The first-order valence-corrected chi connectivity index (χ1v) is 3.41. The lowest BCUT2D eigenvalue weighted by molar-refractivity contribution is 1.13. The number of benzene rings is 1. The molecule has 0 heterocycles. The second kappa shape index (κ2) is 3.14. The minimum absolute atomic E-state index is 0.740. The number of hydrogen-bond donors (Lipinski definition) is 2. The van der Waals surface area contributed by atoms with Crippen molar-refractivity contribution in [2.45, 2.75) is 6.92 Å². The fraction of sp³-hybridized carbons (Fsp3) is 0.250. The second-order valence-electron chi connectivity index (χ2n) is 2.35. The quantitative estimate of drug-likeness (QED) is 0.625. The molecule has 0 bridgehead atoms. The summed E-state index contributed by atoms with van der Waals surface area (Å²) in [6.07, 6.45) is 0. The second-order valence-corrected chi connectivity index (χ2v) is 2.35. The van der Waals surface area contributed by atoms with Gasteiger partial charge in [-0.2, -0.15) is 5.11 Å². The summed E-state index contributed by atoms with van der Waals surface area (Å²) < 4.78 is 6.58. The highest BCUT2D eigenvalue weighted by molar-refractivity contribution is 5.55. The third-order valence-electron chi connectivity index (χ3n) is 1.59. The maximum absolute atomic E-state index is 6.58. The first kappa shape index (κ1) is 6.34. The summed E-state index contributed by atoms with van der Waals surface area (Å²) >= 11 is 0. The van der Waals surface area contributed by atoms with Gasteiger partial charge < -0.3 is 5.32 Å². The van der Waals surface area contributed by atoms with Gasteiger partial charge in [0, 0.05) is 12.7 Å². The molecule has 3 nitrogen and oxygen atoms in total. The van der Waals surface area contributed by atoms with E-state index >= 15 is 0 Å². The van der Waals surface area contributed by atoms with Crippen LogP contribution in [0.3, 0.4) is 0 Å². The molecule has 0 aliphatic rings. The molecule has 1 aromatic rings. The van der Waals surface area contributed by atoms with E-state index in [9.17, 15) is 0 Å². The molecule has 0 saturated heterocycles. The number of nitrogens with zero attached hydrogens (tertiary/aromatic N) is 1. The minimum atomic E-state index is 0.740. The predicted octanol–water partition coefficient (Wildman–Crippen LogP) is 2.70. The maximum atomic E-state index is 6.58. The summed E-state index contributed by atoms with van der Waals surface area (Å²) in [5.74, 6) is 0. The monoisotopic (exact) mass is 150 g/mol. The van der Waals surface area contributed by atoms with Gasteiger partial charge in [0.25, 0.3) is 0 Å². The van der Waals surface area contributed by atoms with Crippen LogP contribution in [0.15, 0.2) is 23.3 Å². The van der Waals surface area contributed by atoms with Crippen molar-refractivity contribution in [3.05, 3.63) is 23.8 Å². The zero-order chi connectivity index (χ0) is 8.97. The van der Waals surface area contributed by atoms with E-state index in [1.165, 1.54) is 0 Å². The van der Waals surface area contributed by atoms with Crippen LogP contribution in [0.25, 0.3) is 0 Å². The van der Waals surface area contributed by atoms with Crippen LogP contribution in [0.5, 0.6) is 0 Å². The minimum Gasteiger partial charge on any atom is -0.388 e. The molecular weight excluding hydrogens is 138 g/mol. The Balaban J connectivity index is 3.03. The third-order valence-corrected chi connectivity index (χ3v) is 1.59. The number of nitrogens with one attached hydrogen (secondary N) is 2. The van der Waals surface area contributed by atoms with Gasteiger partial charge in [-0.1, -0.05) is 0 Å². The van der Waals surface area contributed by atoms with E-state index < -0.39 is 0 Å². The van der Waals surface area contributed by atoms with Crippen molar-refractivity contribution in [1.82, 2.24) is 0 Å². The Kier molecular flexibility index (Phi) is 1.81. The zero-order valence-corrected chi connectivity index (χ0v) is 6.63. The Hall–Kier alpha value is -1.38. The van der Waals surface area contributed by atoms with Gasteiger partial charge in [-0.05, 0) is 30.7 Å². The number of aryl methyl sites for hydroxylation is 1. The lowest BCUT2D eigenvalue weighted by atomic mass is 10.2. The van der Waals surface area contributed by atoms with Crippen LogP contribution < -0.4 is 5.32 Å². The van der Waals surface area contributed by atoms with Crippen molar-refractivity contribution in [2.75, 3.05) is 12.4 Å². The topological polar surface area (TPSA) is 48.2 Å². The molecule has 1 aromatic carbocycles. The normalized spacial score (nSPS) is 11.6. The largest absolute Gasteiger partial charge is 0.388 e.